The zero-order chi connectivity index (χ0) is 25.8. The third-order valence-corrected chi connectivity index (χ3v) is 7.99. The van der Waals surface area contributed by atoms with E-state index in [1.54, 1.807) is 18.7 Å². The van der Waals surface area contributed by atoms with Gasteiger partial charge in [-0.25, -0.2) is 13.2 Å². The number of carbonyl (C=O) groups excluding carboxylic acids is 3. The summed E-state index contributed by atoms with van der Waals surface area (Å²) in [4.78, 5) is 38.5. The molecule has 1 aliphatic heterocycles. The molecule has 3 amide bonds. The fourth-order valence-corrected chi connectivity index (χ4v) is 4.87. The van der Waals surface area contributed by atoms with Gasteiger partial charge in [-0.1, -0.05) is 36.9 Å². The van der Waals surface area contributed by atoms with E-state index in [2.05, 4.69) is 17.2 Å². The van der Waals surface area contributed by atoms with Crippen LogP contribution in [0, 0.1) is 0 Å². The van der Waals surface area contributed by atoms with Gasteiger partial charge in [-0.2, -0.15) is 4.31 Å². The van der Waals surface area contributed by atoms with Crippen molar-refractivity contribution in [3.8, 4) is 0 Å². The largest absolute Gasteiger partial charge is 0.445 e. The normalized spacial score (nSPS) is 15.3. The minimum atomic E-state index is -3.39. The maximum absolute atomic E-state index is 13.2. The summed E-state index contributed by atoms with van der Waals surface area (Å²) >= 11 is 0. The van der Waals surface area contributed by atoms with Crippen LogP contribution in [-0.2, 0) is 31.0 Å². The van der Waals surface area contributed by atoms with Crippen LogP contribution in [0.5, 0.6) is 0 Å². The van der Waals surface area contributed by atoms with Crippen LogP contribution >= 0.6 is 0 Å². The van der Waals surface area contributed by atoms with Crippen molar-refractivity contribution in [3.05, 3.63) is 48.6 Å². The number of nitrogens with zero attached hydrogens (tertiary/aromatic N) is 2. The van der Waals surface area contributed by atoms with Crippen LogP contribution in [0.1, 0.15) is 38.7 Å². The molecule has 1 heterocycles. The van der Waals surface area contributed by atoms with Crippen LogP contribution < -0.4 is 10.6 Å². The average Bonchev–Trinajstić information content (AvgIpc) is 2.86. The molecular weight excluding hydrogens is 472 g/mol. The molecule has 1 aromatic rings. The Hall–Kier alpha value is -2.92. The molecule has 1 aliphatic rings. The number of benzene rings is 1. The van der Waals surface area contributed by atoms with Gasteiger partial charge in [-0.15, -0.1) is 0 Å². The minimum absolute atomic E-state index is 0.0763. The Balaban J connectivity index is 1.95. The van der Waals surface area contributed by atoms with E-state index in [0.29, 0.717) is 25.8 Å². The van der Waals surface area contributed by atoms with Crippen LogP contribution in [0.2, 0.25) is 0 Å². The lowest BCUT2D eigenvalue weighted by Crippen LogP contribution is -2.56. The summed E-state index contributed by atoms with van der Waals surface area (Å²) in [6, 6.07) is 8.39. The topological polar surface area (TPSA) is 125 Å². The lowest BCUT2D eigenvalue weighted by molar-refractivity contribution is -0.134. The Labute approximate surface area is 207 Å². The van der Waals surface area contributed by atoms with E-state index in [4.69, 9.17) is 4.74 Å². The number of carbonyl (C=O) groups is 3. The average molecular weight is 509 g/mol. The molecule has 1 fully saturated rings. The number of piperazine rings is 1. The molecule has 11 heteroatoms. The zero-order valence-corrected chi connectivity index (χ0v) is 21.3. The smallest absolute Gasteiger partial charge is 0.408 e. The first-order valence-corrected chi connectivity index (χ1v) is 13.3. The van der Waals surface area contributed by atoms with Gasteiger partial charge in [0.2, 0.25) is 21.8 Å². The first-order valence-electron chi connectivity index (χ1n) is 11.8. The Morgan fingerprint density at radius 3 is 2.34 bits per heavy atom. The molecule has 0 bridgehead atoms. The summed E-state index contributed by atoms with van der Waals surface area (Å²) < 4.78 is 31.5. The number of rotatable bonds is 12. The first-order chi connectivity index (χ1) is 16.6. The molecule has 1 atom stereocenters. The lowest BCUT2D eigenvalue weighted by atomic mass is 10.1. The molecule has 0 saturated carbocycles. The van der Waals surface area contributed by atoms with Crippen LogP contribution in [0.25, 0.3) is 0 Å². The molecular formula is C24H36N4O6S. The number of unbranched alkanes of at least 4 members (excludes halogenated alkanes) is 1. The van der Waals surface area contributed by atoms with Crippen molar-refractivity contribution in [3.63, 3.8) is 0 Å². The van der Waals surface area contributed by atoms with E-state index in [0.717, 1.165) is 5.56 Å². The fraction of sp³-hybridized carbons (Fsp3) is 0.542. The SMILES string of the molecule is C=CC(=O)NCCCC[C@H](NC(=O)OCc1ccccc1)C(=O)N1CCN(S(=O)(=O)C(C)C)CC1. The van der Waals surface area contributed by atoms with Gasteiger partial charge in [0.25, 0.3) is 0 Å². The van der Waals surface area contributed by atoms with E-state index < -0.39 is 27.4 Å². The highest BCUT2D eigenvalue weighted by molar-refractivity contribution is 7.89. The molecule has 0 radical (unpaired) electrons. The van der Waals surface area contributed by atoms with E-state index in [1.165, 1.54) is 10.4 Å². The van der Waals surface area contributed by atoms with Gasteiger partial charge in [0, 0.05) is 32.7 Å². The fourth-order valence-electron chi connectivity index (χ4n) is 3.60. The molecule has 194 valence electrons. The molecule has 0 spiro atoms. The summed E-state index contributed by atoms with van der Waals surface area (Å²) in [6.07, 6.45) is 2.04. The Morgan fingerprint density at radius 2 is 1.74 bits per heavy atom. The zero-order valence-electron chi connectivity index (χ0n) is 20.4. The molecule has 2 rings (SSSR count). The summed E-state index contributed by atoms with van der Waals surface area (Å²) in [5.41, 5.74) is 0.825. The van der Waals surface area contributed by atoms with Gasteiger partial charge < -0.3 is 20.3 Å². The Morgan fingerprint density at radius 1 is 1.09 bits per heavy atom. The number of amides is 3. The van der Waals surface area contributed by atoms with Gasteiger partial charge in [0.15, 0.2) is 0 Å². The Kier molecular flexibility index (Phi) is 11.2. The second-order valence-electron chi connectivity index (χ2n) is 8.57. The third kappa shape index (κ3) is 8.99. The summed E-state index contributed by atoms with van der Waals surface area (Å²) in [6.45, 7) is 8.08. The van der Waals surface area contributed by atoms with Gasteiger partial charge in [-0.05, 0) is 44.7 Å². The number of ether oxygens (including phenoxy) is 1. The number of hydrogen-bond acceptors (Lipinski definition) is 6. The van der Waals surface area contributed by atoms with Crippen molar-refractivity contribution in [2.75, 3.05) is 32.7 Å². The highest BCUT2D eigenvalue weighted by Crippen LogP contribution is 2.14. The highest BCUT2D eigenvalue weighted by Gasteiger charge is 2.33. The molecule has 1 saturated heterocycles. The molecule has 10 nitrogen and oxygen atoms in total. The second-order valence-corrected chi connectivity index (χ2v) is 11.1. The molecule has 0 unspecified atom stereocenters. The second kappa shape index (κ2) is 13.8. The Bertz CT molecular complexity index is 959. The van der Waals surface area contributed by atoms with Crippen LogP contribution in [0.15, 0.2) is 43.0 Å². The number of nitrogens with one attached hydrogen (secondary N) is 2. The van der Waals surface area contributed by atoms with Crippen molar-refractivity contribution in [2.24, 2.45) is 0 Å². The van der Waals surface area contributed by atoms with Crippen molar-refractivity contribution in [1.82, 2.24) is 19.8 Å². The van der Waals surface area contributed by atoms with Crippen molar-refractivity contribution in [2.45, 2.75) is 51.0 Å². The van der Waals surface area contributed by atoms with Gasteiger partial charge in [0.1, 0.15) is 12.6 Å². The molecule has 2 N–H and O–H groups in total. The van der Waals surface area contributed by atoms with Gasteiger partial charge in [0.05, 0.1) is 5.25 Å². The van der Waals surface area contributed by atoms with Crippen LogP contribution in [-0.4, -0.2) is 79.5 Å². The summed E-state index contributed by atoms with van der Waals surface area (Å²) in [5.74, 6) is -0.548. The number of sulfonamides is 1. The van der Waals surface area contributed by atoms with E-state index in [-0.39, 0.29) is 44.6 Å². The van der Waals surface area contributed by atoms with E-state index in [1.807, 2.05) is 30.3 Å². The van der Waals surface area contributed by atoms with E-state index in [9.17, 15) is 22.8 Å². The van der Waals surface area contributed by atoms with Crippen LogP contribution in [0.4, 0.5) is 4.79 Å². The molecule has 1 aromatic carbocycles. The maximum Gasteiger partial charge on any atom is 0.408 e. The van der Waals surface area contributed by atoms with Gasteiger partial charge >= 0.3 is 6.09 Å². The van der Waals surface area contributed by atoms with Gasteiger partial charge in [-0.3, -0.25) is 9.59 Å². The first kappa shape index (κ1) is 28.3. The van der Waals surface area contributed by atoms with Crippen molar-refractivity contribution >= 4 is 27.9 Å². The maximum atomic E-state index is 13.2. The van der Waals surface area contributed by atoms with E-state index >= 15 is 0 Å². The number of alkyl carbamates (subject to hydrolysis) is 1. The molecule has 35 heavy (non-hydrogen) atoms. The monoisotopic (exact) mass is 508 g/mol. The summed E-state index contributed by atoms with van der Waals surface area (Å²) in [7, 11) is -3.39. The lowest BCUT2D eigenvalue weighted by Gasteiger charge is -2.36. The highest BCUT2D eigenvalue weighted by atomic mass is 32.2. The van der Waals surface area contributed by atoms with Crippen LogP contribution in [0.3, 0.4) is 0 Å². The summed E-state index contributed by atoms with van der Waals surface area (Å²) in [5, 5.41) is 4.82. The van der Waals surface area contributed by atoms with Crippen molar-refractivity contribution < 1.29 is 27.5 Å². The molecule has 0 aliphatic carbocycles. The predicted octanol–water partition coefficient (Wildman–Crippen LogP) is 1.64. The minimum Gasteiger partial charge on any atom is -0.445 e. The molecule has 0 aromatic heterocycles. The number of hydrogen-bond donors (Lipinski definition) is 2. The predicted molar refractivity (Wildman–Crippen MR) is 133 cm³/mol. The quantitative estimate of drug-likeness (QED) is 0.327. The van der Waals surface area contributed by atoms with Crippen molar-refractivity contribution in [1.29, 1.82) is 0 Å². The third-order valence-electron chi connectivity index (χ3n) is 5.71. The standard InChI is InChI=1S/C24H36N4O6S/c1-4-22(29)25-13-9-8-12-21(26-24(31)34-18-20-10-6-5-7-11-20)23(30)27-14-16-28(17-15-27)35(32,33)19(2)3/h4-7,10-11,19,21H,1,8-9,12-18H2,2-3H3,(H,25,29)(H,26,31)/t21-/m0/s1.